The maximum Gasteiger partial charge on any atom is 0.319 e. The van der Waals surface area contributed by atoms with Crippen LogP contribution in [0.1, 0.15) is 51.5 Å². The Morgan fingerprint density at radius 1 is 1.23 bits per heavy atom. The number of β-amino-alcohol motifs (C(OH)–C–C–N with tert-alkyl or cyclic N) is 1. The number of benzene rings is 1. The smallest absolute Gasteiger partial charge is 0.319 e. The molecule has 9 nitrogen and oxygen atoms in total. The number of ether oxygens (including phenoxy) is 1. The van der Waals surface area contributed by atoms with Gasteiger partial charge in [-0.05, 0) is 58.2 Å². The second-order valence-electron chi connectivity index (χ2n) is 12.6. The van der Waals surface area contributed by atoms with Crippen LogP contribution in [0, 0.1) is 5.82 Å². The maximum absolute atomic E-state index is 16.8. The first-order chi connectivity index (χ1) is 21.0. The number of piperidine rings is 1. The Hall–Kier alpha value is -3.48. The molecule has 3 fully saturated rings. The summed E-state index contributed by atoms with van der Waals surface area (Å²) in [7, 11) is 0. The summed E-state index contributed by atoms with van der Waals surface area (Å²) in [5.41, 5.74) is -0.492. The summed E-state index contributed by atoms with van der Waals surface area (Å²) in [6.07, 6.45) is 6.74. The summed E-state index contributed by atoms with van der Waals surface area (Å²) in [6.45, 7) is 5.24. The van der Waals surface area contributed by atoms with E-state index in [0.29, 0.717) is 54.5 Å². The predicted molar refractivity (Wildman–Crippen MR) is 163 cm³/mol. The second kappa shape index (κ2) is 10.8. The van der Waals surface area contributed by atoms with Gasteiger partial charge in [0.25, 0.3) is 0 Å². The summed E-state index contributed by atoms with van der Waals surface area (Å²) in [6, 6.07) is 1.56. The molecule has 3 saturated heterocycles. The van der Waals surface area contributed by atoms with Gasteiger partial charge < -0.3 is 14.7 Å². The van der Waals surface area contributed by atoms with Crippen molar-refractivity contribution in [3.05, 3.63) is 40.7 Å². The number of alkyl halides is 1. The molecule has 6 heterocycles. The molecule has 13 heteroatoms. The molecule has 4 aromatic rings. The summed E-state index contributed by atoms with van der Waals surface area (Å²) in [5.74, 6) is -0.892. The van der Waals surface area contributed by atoms with Gasteiger partial charge in [0.2, 0.25) is 0 Å². The zero-order valence-electron chi connectivity index (χ0n) is 24.5. The van der Waals surface area contributed by atoms with Crippen LogP contribution in [0.5, 0.6) is 6.01 Å². The van der Waals surface area contributed by atoms with E-state index in [2.05, 4.69) is 25.1 Å². The van der Waals surface area contributed by atoms with Crippen molar-refractivity contribution in [1.29, 1.82) is 0 Å². The molecule has 0 aliphatic carbocycles. The molecule has 3 aliphatic heterocycles. The van der Waals surface area contributed by atoms with E-state index < -0.39 is 29.0 Å². The van der Waals surface area contributed by atoms with Gasteiger partial charge in [0.1, 0.15) is 29.8 Å². The average Bonchev–Trinajstić information content (AvgIpc) is 3.66. The van der Waals surface area contributed by atoms with Crippen LogP contribution >= 0.6 is 11.6 Å². The Labute approximate surface area is 257 Å². The Balaban J connectivity index is 1.39. The number of allylic oxidation sites excluding steroid dienone is 1. The SMILES string of the molecule is C/C(F)=C/c1c(Cl)cc2[nH]ncc2c1-c1ncc2c(N3CCC[C@@](C)(O)C3)nc(OC[C@@]34CCCN3C[C@H](F)C4)nc2c1F. The third-order valence-electron chi connectivity index (χ3n) is 9.16. The number of fused-ring (bicyclic) bond motifs is 3. The first-order valence-electron chi connectivity index (χ1n) is 14.9. The van der Waals surface area contributed by atoms with Gasteiger partial charge in [-0.3, -0.25) is 15.0 Å². The summed E-state index contributed by atoms with van der Waals surface area (Å²) in [4.78, 5) is 17.8. The first-order valence-corrected chi connectivity index (χ1v) is 15.3. The highest BCUT2D eigenvalue weighted by Crippen LogP contribution is 2.42. The van der Waals surface area contributed by atoms with E-state index >= 15 is 4.39 Å². The number of aliphatic hydroxyl groups is 1. The van der Waals surface area contributed by atoms with Crippen LogP contribution in [0.25, 0.3) is 39.1 Å². The van der Waals surface area contributed by atoms with Gasteiger partial charge in [0.15, 0.2) is 5.82 Å². The molecular formula is C31H33ClF3N7O2. The van der Waals surface area contributed by atoms with Crippen molar-refractivity contribution in [2.45, 2.75) is 63.3 Å². The average molecular weight is 628 g/mol. The Kier molecular flexibility index (Phi) is 7.21. The van der Waals surface area contributed by atoms with Crippen molar-refractivity contribution in [3.8, 4) is 17.3 Å². The fraction of sp³-hybridized carbons (Fsp3) is 0.484. The van der Waals surface area contributed by atoms with Crippen LogP contribution in [0.2, 0.25) is 5.02 Å². The molecule has 7 rings (SSSR count). The number of hydrogen-bond donors (Lipinski definition) is 2. The molecule has 0 unspecified atom stereocenters. The number of aromatic nitrogens is 5. The monoisotopic (exact) mass is 627 g/mol. The van der Waals surface area contributed by atoms with Crippen molar-refractivity contribution >= 4 is 45.3 Å². The number of hydrogen-bond acceptors (Lipinski definition) is 8. The summed E-state index contributed by atoms with van der Waals surface area (Å²) in [5, 5.41) is 18.8. The minimum absolute atomic E-state index is 0.0423. The predicted octanol–water partition coefficient (Wildman–Crippen LogP) is 6.00. The molecule has 3 aromatic heterocycles. The van der Waals surface area contributed by atoms with Crippen LogP contribution in [0.3, 0.4) is 0 Å². The summed E-state index contributed by atoms with van der Waals surface area (Å²) < 4.78 is 51.6. The minimum atomic E-state index is -0.967. The minimum Gasteiger partial charge on any atom is -0.461 e. The molecule has 0 amide bonds. The number of nitrogens with one attached hydrogen (secondary N) is 1. The Morgan fingerprint density at radius 3 is 2.84 bits per heavy atom. The van der Waals surface area contributed by atoms with Crippen molar-refractivity contribution in [2.75, 3.05) is 37.7 Å². The van der Waals surface area contributed by atoms with Crippen molar-refractivity contribution < 1.29 is 23.0 Å². The van der Waals surface area contributed by atoms with Crippen LogP contribution in [-0.4, -0.2) is 85.3 Å². The Morgan fingerprint density at radius 2 is 2.05 bits per heavy atom. The molecule has 44 heavy (non-hydrogen) atoms. The first kappa shape index (κ1) is 29.2. The van der Waals surface area contributed by atoms with Crippen molar-refractivity contribution in [1.82, 2.24) is 30.0 Å². The van der Waals surface area contributed by atoms with Crippen molar-refractivity contribution in [2.24, 2.45) is 0 Å². The van der Waals surface area contributed by atoms with Gasteiger partial charge in [-0.15, -0.1) is 0 Å². The van der Waals surface area contributed by atoms with Crippen LogP contribution in [0.15, 0.2) is 24.3 Å². The number of rotatable bonds is 6. The van der Waals surface area contributed by atoms with Crippen LogP contribution in [-0.2, 0) is 0 Å². The Bertz CT molecular complexity index is 1790. The molecule has 0 bridgehead atoms. The number of anilines is 1. The lowest BCUT2D eigenvalue weighted by atomic mass is 9.95. The number of nitrogens with zero attached hydrogens (tertiary/aromatic N) is 6. The molecule has 3 atom stereocenters. The quantitative estimate of drug-likeness (QED) is 0.268. The zero-order valence-corrected chi connectivity index (χ0v) is 25.3. The fourth-order valence-corrected chi connectivity index (χ4v) is 7.48. The maximum atomic E-state index is 16.8. The standard InChI is InChI=1S/C31H33ClF3N7O2/c1-17(33)9-19-22(32)10-23-20(13-37-40-23)24(19)27-25(35)26-21(12-36-27)28(41-7-3-5-30(2,43)15-41)39-29(38-26)44-16-31-6-4-8-42(31)14-18(34)11-31/h9-10,12-13,18,43H,3-8,11,14-16H2,1-2H3,(H,37,40)/b17-9-/t18-,30-,31+/m1/s1. The van der Waals surface area contributed by atoms with E-state index in [1.807, 2.05) is 4.90 Å². The van der Waals surface area contributed by atoms with E-state index in [1.165, 1.54) is 25.4 Å². The molecule has 1 aromatic carbocycles. The van der Waals surface area contributed by atoms with Gasteiger partial charge in [-0.2, -0.15) is 15.1 Å². The molecule has 0 spiro atoms. The van der Waals surface area contributed by atoms with E-state index in [1.54, 1.807) is 13.0 Å². The van der Waals surface area contributed by atoms with Gasteiger partial charge in [-0.1, -0.05) is 11.6 Å². The van der Waals surface area contributed by atoms with Crippen LogP contribution < -0.4 is 9.64 Å². The van der Waals surface area contributed by atoms with Gasteiger partial charge >= 0.3 is 6.01 Å². The van der Waals surface area contributed by atoms with E-state index in [-0.39, 0.29) is 46.5 Å². The lowest BCUT2D eigenvalue weighted by molar-refractivity contribution is 0.0447. The van der Waals surface area contributed by atoms with Crippen molar-refractivity contribution in [3.63, 3.8) is 0 Å². The highest BCUT2D eigenvalue weighted by atomic mass is 35.5. The number of aromatic amines is 1. The van der Waals surface area contributed by atoms with E-state index in [9.17, 15) is 13.9 Å². The van der Waals surface area contributed by atoms with Crippen LogP contribution in [0.4, 0.5) is 19.0 Å². The molecule has 3 aliphatic rings. The van der Waals surface area contributed by atoms with Gasteiger partial charge in [0.05, 0.1) is 39.1 Å². The molecule has 232 valence electrons. The van der Waals surface area contributed by atoms with Gasteiger partial charge in [0, 0.05) is 48.8 Å². The third kappa shape index (κ3) is 5.06. The largest absolute Gasteiger partial charge is 0.461 e. The zero-order chi connectivity index (χ0) is 30.8. The lowest BCUT2D eigenvalue weighted by Crippen LogP contribution is -2.46. The number of pyridine rings is 1. The number of halogens is 4. The molecule has 0 saturated carbocycles. The number of H-pyrrole nitrogens is 1. The summed E-state index contributed by atoms with van der Waals surface area (Å²) >= 11 is 6.55. The second-order valence-corrected chi connectivity index (χ2v) is 13.0. The van der Waals surface area contributed by atoms with E-state index in [4.69, 9.17) is 21.3 Å². The molecular weight excluding hydrogens is 595 g/mol. The molecule has 2 N–H and O–H groups in total. The normalized spacial score (nSPS) is 26.2. The third-order valence-corrected chi connectivity index (χ3v) is 9.48. The topological polar surface area (TPSA) is 103 Å². The highest BCUT2D eigenvalue weighted by Gasteiger charge is 2.49. The lowest BCUT2D eigenvalue weighted by Gasteiger charge is -2.38. The molecule has 0 radical (unpaired) electrons. The highest BCUT2D eigenvalue weighted by molar-refractivity contribution is 6.34. The fourth-order valence-electron chi connectivity index (χ4n) is 7.22. The van der Waals surface area contributed by atoms with Gasteiger partial charge in [-0.25, -0.2) is 13.2 Å². The van der Waals surface area contributed by atoms with E-state index in [0.717, 1.165) is 19.4 Å².